The molecule has 0 aliphatic heterocycles. The number of hydrogen-bond acceptors (Lipinski definition) is 2. The quantitative estimate of drug-likeness (QED) is 0.807. The average molecular weight is 229 g/mol. The topological polar surface area (TPSA) is 21.3 Å². The van der Waals surface area contributed by atoms with Crippen molar-refractivity contribution >= 4 is 0 Å². The number of alkyl halides is 2. The van der Waals surface area contributed by atoms with E-state index in [0.717, 1.165) is 18.5 Å². The Morgan fingerprint density at radius 1 is 1.31 bits per heavy atom. The Morgan fingerprint density at radius 3 is 2.62 bits per heavy atom. The summed E-state index contributed by atoms with van der Waals surface area (Å²) in [5, 5.41) is 3.29. The number of nitrogens with one attached hydrogen (secondary N) is 1. The fourth-order valence-corrected chi connectivity index (χ4v) is 1.65. The minimum atomic E-state index is -2.77. The Bertz CT molecular complexity index is 318. The molecule has 0 aliphatic rings. The smallest absolute Gasteiger partial charge is 0.387 e. The fraction of sp³-hybridized carbons (Fsp3) is 0.500. The molecule has 1 aromatic carbocycles. The number of halogens is 2. The van der Waals surface area contributed by atoms with Crippen LogP contribution in [-0.2, 0) is 0 Å². The summed E-state index contributed by atoms with van der Waals surface area (Å²) in [6.07, 6.45) is 0.909. The second-order valence-electron chi connectivity index (χ2n) is 3.47. The van der Waals surface area contributed by atoms with Crippen LogP contribution in [0.2, 0.25) is 0 Å². The third-order valence-corrected chi connectivity index (χ3v) is 2.34. The lowest BCUT2D eigenvalue weighted by Crippen LogP contribution is -2.20. The zero-order chi connectivity index (χ0) is 12.0. The molecule has 0 saturated heterocycles. The minimum absolute atomic E-state index is 0.186. The second kappa shape index (κ2) is 6.43. The van der Waals surface area contributed by atoms with Crippen molar-refractivity contribution in [3.63, 3.8) is 0 Å². The first kappa shape index (κ1) is 12.9. The van der Waals surface area contributed by atoms with E-state index in [0.29, 0.717) is 0 Å². The molecule has 1 rings (SSSR count). The Morgan fingerprint density at radius 2 is 2.06 bits per heavy atom. The highest BCUT2D eigenvalue weighted by Gasteiger charge is 2.10. The van der Waals surface area contributed by atoms with E-state index < -0.39 is 6.61 Å². The molecule has 2 nitrogen and oxygen atoms in total. The molecule has 1 N–H and O–H groups in total. The highest BCUT2D eigenvalue weighted by Crippen LogP contribution is 2.22. The van der Waals surface area contributed by atoms with Crippen LogP contribution in [0.4, 0.5) is 8.78 Å². The van der Waals surface area contributed by atoms with Crippen LogP contribution in [0.15, 0.2) is 24.3 Å². The molecule has 4 heteroatoms. The summed E-state index contributed by atoms with van der Waals surface area (Å²) < 4.78 is 28.5. The van der Waals surface area contributed by atoms with Crippen LogP contribution in [-0.4, -0.2) is 13.2 Å². The molecule has 0 heterocycles. The van der Waals surface area contributed by atoms with Crippen LogP contribution in [0.1, 0.15) is 31.9 Å². The van der Waals surface area contributed by atoms with E-state index >= 15 is 0 Å². The van der Waals surface area contributed by atoms with Crippen molar-refractivity contribution in [2.75, 3.05) is 6.54 Å². The van der Waals surface area contributed by atoms with Crippen molar-refractivity contribution in [3.05, 3.63) is 29.8 Å². The third kappa shape index (κ3) is 3.77. The zero-order valence-corrected chi connectivity index (χ0v) is 9.54. The van der Waals surface area contributed by atoms with Crippen LogP contribution in [0, 0.1) is 0 Å². The van der Waals surface area contributed by atoms with Crippen molar-refractivity contribution < 1.29 is 13.5 Å². The van der Waals surface area contributed by atoms with Gasteiger partial charge >= 0.3 is 6.61 Å². The van der Waals surface area contributed by atoms with Gasteiger partial charge in [0.15, 0.2) is 0 Å². The van der Waals surface area contributed by atoms with Crippen molar-refractivity contribution in [2.24, 2.45) is 0 Å². The average Bonchev–Trinajstić information content (AvgIpc) is 2.25. The lowest BCUT2D eigenvalue weighted by molar-refractivity contribution is -0.0499. The third-order valence-electron chi connectivity index (χ3n) is 2.34. The SMILES string of the molecule is CCNC(CC)c1cccc(OC(F)F)c1. The lowest BCUT2D eigenvalue weighted by Gasteiger charge is -2.17. The lowest BCUT2D eigenvalue weighted by atomic mass is 10.0. The molecule has 0 radical (unpaired) electrons. The molecule has 90 valence electrons. The maximum atomic E-state index is 12.0. The molecule has 0 aliphatic carbocycles. The Labute approximate surface area is 94.6 Å². The summed E-state index contributed by atoms with van der Waals surface area (Å²) in [6.45, 7) is 2.14. The monoisotopic (exact) mass is 229 g/mol. The van der Waals surface area contributed by atoms with E-state index in [9.17, 15) is 8.78 Å². The van der Waals surface area contributed by atoms with Gasteiger partial charge in [0.25, 0.3) is 0 Å². The van der Waals surface area contributed by atoms with E-state index in [1.807, 2.05) is 19.9 Å². The molecular weight excluding hydrogens is 212 g/mol. The minimum Gasteiger partial charge on any atom is -0.435 e. The van der Waals surface area contributed by atoms with Gasteiger partial charge in [-0.15, -0.1) is 0 Å². The maximum Gasteiger partial charge on any atom is 0.387 e. The van der Waals surface area contributed by atoms with Gasteiger partial charge in [-0.05, 0) is 30.7 Å². The molecule has 0 aromatic heterocycles. The summed E-state index contributed by atoms with van der Waals surface area (Å²) in [5.74, 6) is 0.212. The van der Waals surface area contributed by atoms with E-state index in [-0.39, 0.29) is 11.8 Å². The largest absolute Gasteiger partial charge is 0.435 e. The highest BCUT2D eigenvalue weighted by molar-refractivity contribution is 5.30. The number of ether oxygens (including phenoxy) is 1. The summed E-state index contributed by atoms with van der Waals surface area (Å²) in [4.78, 5) is 0. The van der Waals surface area contributed by atoms with Crippen LogP contribution in [0.5, 0.6) is 5.75 Å². The van der Waals surface area contributed by atoms with Gasteiger partial charge in [-0.1, -0.05) is 26.0 Å². The molecule has 1 atom stereocenters. The highest BCUT2D eigenvalue weighted by atomic mass is 19.3. The molecule has 0 amide bonds. The molecule has 0 bridgehead atoms. The van der Waals surface area contributed by atoms with Crippen LogP contribution >= 0.6 is 0 Å². The van der Waals surface area contributed by atoms with Gasteiger partial charge in [-0.3, -0.25) is 0 Å². The number of rotatable bonds is 6. The zero-order valence-electron chi connectivity index (χ0n) is 9.54. The van der Waals surface area contributed by atoms with E-state index in [1.54, 1.807) is 12.1 Å². The molecule has 16 heavy (non-hydrogen) atoms. The van der Waals surface area contributed by atoms with Gasteiger partial charge in [-0.25, -0.2) is 0 Å². The van der Waals surface area contributed by atoms with Gasteiger partial charge in [0.1, 0.15) is 5.75 Å². The van der Waals surface area contributed by atoms with Crippen molar-refractivity contribution in [3.8, 4) is 5.75 Å². The first-order valence-electron chi connectivity index (χ1n) is 5.45. The summed E-state index contributed by atoms with van der Waals surface area (Å²) in [7, 11) is 0. The van der Waals surface area contributed by atoms with Crippen molar-refractivity contribution in [1.82, 2.24) is 5.32 Å². The predicted octanol–water partition coefficient (Wildman–Crippen LogP) is 3.35. The summed E-state index contributed by atoms with van der Waals surface area (Å²) in [5.41, 5.74) is 0.975. The van der Waals surface area contributed by atoms with Crippen LogP contribution in [0.3, 0.4) is 0 Å². The standard InChI is InChI=1S/C12H17F2NO/c1-3-11(15-4-2)9-6-5-7-10(8-9)16-12(13)14/h5-8,11-12,15H,3-4H2,1-2H3. The molecular formula is C12H17F2NO. The van der Waals surface area contributed by atoms with Gasteiger partial charge < -0.3 is 10.1 Å². The molecule has 0 spiro atoms. The Hall–Kier alpha value is -1.16. The Kier molecular flexibility index (Phi) is 5.19. The van der Waals surface area contributed by atoms with Gasteiger partial charge in [-0.2, -0.15) is 8.78 Å². The van der Waals surface area contributed by atoms with Crippen molar-refractivity contribution in [2.45, 2.75) is 32.9 Å². The van der Waals surface area contributed by atoms with Gasteiger partial charge in [0.2, 0.25) is 0 Å². The van der Waals surface area contributed by atoms with E-state index in [1.165, 1.54) is 6.07 Å². The van der Waals surface area contributed by atoms with Crippen molar-refractivity contribution in [1.29, 1.82) is 0 Å². The number of benzene rings is 1. The van der Waals surface area contributed by atoms with E-state index in [2.05, 4.69) is 10.1 Å². The normalized spacial score (nSPS) is 12.8. The molecule has 0 saturated carbocycles. The number of hydrogen-bond donors (Lipinski definition) is 1. The Balaban J connectivity index is 2.79. The molecule has 0 fully saturated rings. The second-order valence-corrected chi connectivity index (χ2v) is 3.47. The molecule has 1 unspecified atom stereocenters. The van der Waals surface area contributed by atoms with Crippen LogP contribution in [0.25, 0.3) is 0 Å². The van der Waals surface area contributed by atoms with Gasteiger partial charge in [0, 0.05) is 6.04 Å². The fourth-order valence-electron chi connectivity index (χ4n) is 1.65. The first-order chi connectivity index (χ1) is 7.67. The molecule has 1 aromatic rings. The maximum absolute atomic E-state index is 12.0. The van der Waals surface area contributed by atoms with Crippen LogP contribution < -0.4 is 10.1 Å². The summed E-state index contributed by atoms with van der Waals surface area (Å²) in [6, 6.07) is 7.02. The summed E-state index contributed by atoms with van der Waals surface area (Å²) >= 11 is 0. The first-order valence-corrected chi connectivity index (χ1v) is 5.45. The van der Waals surface area contributed by atoms with Gasteiger partial charge in [0.05, 0.1) is 0 Å². The van der Waals surface area contributed by atoms with E-state index in [4.69, 9.17) is 0 Å². The predicted molar refractivity (Wildman–Crippen MR) is 59.8 cm³/mol.